The van der Waals surface area contributed by atoms with Crippen molar-refractivity contribution in [2.24, 2.45) is 11.8 Å². The number of aryl methyl sites for hydroxylation is 1. The second-order valence-corrected chi connectivity index (χ2v) is 5.77. The normalized spacial score (nSPS) is 21.8. The summed E-state index contributed by atoms with van der Waals surface area (Å²) in [6.07, 6.45) is 5.20. The van der Waals surface area contributed by atoms with Crippen LogP contribution in [0.3, 0.4) is 0 Å². The number of rotatable bonds is 5. The Hall–Kier alpha value is -1.84. The van der Waals surface area contributed by atoms with E-state index in [0.29, 0.717) is 12.8 Å². The number of nitrogens with one attached hydrogen (secondary N) is 1. The fourth-order valence-corrected chi connectivity index (χ4v) is 3.02. The third-order valence-corrected chi connectivity index (χ3v) is 4.18. The summed E-state index contributed by atoms with van der Waals surface area (Å²) in [4.78, 5) is 23.6. The van der Waals surface area contributed by atoms with Gasteiger partial charge in [-0.15, -0.1) is 0 Å². The Labute approximate surface area is 125 Å². The second kappa shape index (κ2) is 7.25. The molecule has 4 nitrogen and oxygen atoms in total. The molecule has 1 fully saturated rings. The Morgan fingerprint density at radius 1 is 1.14 bits per heavy atom. The number of carbonyl (C=O) groups is 2. The number of hydrogen-bond donors (Lipinski definition) is 2. The Morgan fingerprint density at radius 3 is 2.33 bits per heavy atom. The molecule has 2 atom stereocenters. The quantitative estimate of drug-likeness (QED) is 0.872. The van der Waals surface area contributed by atoms with Gasteiger partial charge in [-0.05, 0) is 37.0 Å². The number of amides is 1. The minimum absolute atomic E-state index is 0.162. The molecule has 0 spiro atoms. The number of aliphatic carboxylic acids is 1. The van der Waals surface area contributed by atoms with Gasteiger partial charge in [-0.1, -0.05) is 38.3 Å². The van der Waals surface area contributed by atoms with E-state index in [4.69, 9.17) is 0 Å². The van der Waals surface area contributed by atoms with Gasteiger partial charge in [0.2, 0.25) is 5.91 Å². The smallest absolute Gasteiger partial charge is 0.307 e. The average Bonchev–Trinajstić information content (AvgIpc) is 2.49. The van der Waals surface area contributed by atoms with Gasteiger partial charge in [-0.25, -0.2) is 0 Å². The Balaban J connectivity index is 2.00. The lowest BCUT2D eigenvalue weighted by atomic mass is 9.78. The van der Waals surface area contributed by atoms with E-state index < -0.39 is 17.8 Å². The summed E-state index contributed by atoms with van der Waals surface area (Å²) in [6.45, 7) is 2.13. The first-order valence-electron chi connectivity index (χ1n) is 7.74. The van der Waals surface area contributed by atoms with Gasteiger partial charge < -0.3 is 10.4 Å². The van der Waals surface area contributed by atoms with Crippen LogP contribution in [0.25, 0.3) is 0 Å². The molecule has 2 rings (SSSR count). The van der Waals surface area contributed by atoms with Gasteiger partial charge in [-0.2, -0.15) is 0 Å². The fraction of sp³-hybridized carbons (Fsp3) is 0.529. The molecule has 0 aromatic heterocycles. The molecule has 0 radical (unpaired) electrons. The van der Waals surface area contributed by atoms with Crippen molar-refractivity contribution in [1.82, 2.24) is 0 Å². The summed E-state index contributed by atoms with van der Waals surface area (Å²) in [6, 6.07) is 7.80. The highest BCUT2D eigenvalue weighted by molar-refractivity contribution is 5.95. The first-order valence-corrected chi connectivity index (χ1v) is 7.74. The standard InChI is InChI=1S/C17H23NO3/c1-2-5-12-8-10-13(11-9-12)18-16(19)14-6-3-4-7-15(14)17(20)21/h8-11,14-15H,2-7H2,1H3,(H,18,19)(H,20,21)/t14-,15+/m0/s1. The van der Waals surface area contributed by atoms with E-state index >= 15 is 0 Å². The summed E-state index contributed by atoms with van der Waals surface area (Å²) in [5.74, 6) is -1.97. The minimum atomic E-state index is -0.854. The minimum Gasteiger partial charge on any atom is -0.481 e. The van der Waals surface area contributed by atoms with E-state index in [1.807, 2.05) is 24.3 Å². The monoisotopic (exact) mass is 289 g/mol. The molecule has 0 unspecified atom stereocenters. The van der Waals surface area contributed by atoms with Gasteiger partial charge in [0.05, 0.1) is 11.8 Å². The molecule has 21 heavy (non-hydrogen) atoms. The van der Waals surface area contributed by atoms with E-state index in [2.05, 4.69) is 12.2 Å². The molecule has 2 N–H and O–H groups in total. The number of carboxylic acids is 1. The van der Waals surface area contributed by atoms with Gasteiger partial charge in [-0.3, -0.25) is 9.59 Å². The van der Waals surface area contributed by atoms with Crippen molar-refractivity contribution in [3.05, 3.63) is 29.8 Å². The maximum Gasteiger partial charge on any atom is 0.307 e. The SMILES string of the molecule is CCCc1ccc(NC(=O)[C@H]2CCCC[C@H]2C(=O)O)cc1. The molecule has 114 valence electrons. The van der Waals surface area contributed by atoms with Crippen molar-refractivity contribution in [2.45, 2.75) is 45.4 Å². The van der Waals surface area contributed by atoms with Gasteiger partial charge >= 0.3 is 5.97 Å². The highest BCUT2D eigenvalue weighted by atomic mass is 16.4. The van der Waals surface area contributed by atoms with Crippen LogP contribution in [0.4, 0.5) is 5.69 Å². The number of anilines is 1. The molecular weight excluding hydrogens is 266 g/mol. The maximum atomic E-state index is 12.3. The van der Waals surface area contributed by atoms with Crippen LogP contribution in [0.2, 0.25) is 0 Å². The van der Waals surface area contributed by atoms with Gasteiger partial charge in [0.1, 0.15) is 0 Å². The van der Waals surface area contributed by atoms with Gasteiger partial charge in [0, 0.05) is 5.69 Å². The lowest BCUT2D eigenvalue weighted by molar-refractivity contribution is -0.147. The van der Waals surface area contributed by atoms with Crippen molar-refractivity contribution in [1.29, 1.82) is 0 Å². The summed E-state index contributed by atoms with van der Waals surface area (Å²) >= 11 is 0. The summed E-state index contributed by atoms with van der Waals surface area (Å²) in [5.41, 5.74) is 1.99. The maximum absolute atomic E-state index is 12.3. The molecule has 4 heteroatoms. The van der Waals surface area contributed by atoms with E-state index in [-0.39, 0.29) is 5.91 Å². The largest absolute Gasteiger partial charge is 0.481 e. The van der Waals surface area contributed by atoms with Crippen LogP contribution in [0.1, 0.15) is 44.6 Å². The zero-order valence-corrected chi connectivity index (χ0v) is 12.5. The van der Waals surface area contributed by atoms with Gasteiger partial charge in [0.25, 0.3) is 0 Å². The summed E-state index contributed by atoms with van der Waals surface area (Å²) in [7, 11) is 0. The zero-order chi connectivity index (χ0) is 15.2. The van der Waals surface area contributed by atoms with Crippen LogP contribution in [0.5, 0.6) is 0 Å². The topological polar surface area (TPSA) is 66.4 Å². The van der Waals surface area contributed by atoms with Crippen LogP contribution in [0.15, 0.2) is 24.3 Å². The highest BCUT2D eigenvalue weighted by Gasteiger charge is 2.35. The summed E-state index contributed by atoms with van der Waals surface area (Å²) in [5, 5.41) is 12.1. The molecule has 1 aliphatic carbocycles. The highest BCUT2D eigenvalue weighted by Crippen LogP contribution is 2.31. The van der Waals surface area contributed by atoms with Crippen LogP contribution in [-0.2, 0) is 16.0 Å². The average molecular weight is 289 g/mol. The van der Waals surface area contributed by atoms with Crippen molar-refractivity contribution in [3.63, 3.8) is 0 Å². The molecular formula is C17H23NO3. The second-order valence-electron chi connectivity index (χ2n) is 5.77. The Kier molecular flexibility index (Phi) is 5.37. The lowest BCUT2D eigenvalue weighted by Crippen LogP contribution is -2.36. The molecule has 1 aliphatic rings. The molecule has 0 bridgehead atoms. The Bertz CT molecular complexity index is 495. The summed E-state index contributed by atoms with van der Waals surface area (Å²) < 4.78 is 0. The molecule has 1 aromatic rings. The van der Waals surface area contributed by atoms with Crippen LogP contribution < -0.4 is 5.32 Å². The Morgan fingerprint density at radius 2 is 1.76 bits per heavy atom. The number of hydrogen-bond acceptors (Lipinski definition) is 2. The zero-order valence-electron chi connectivity index (χ0n) is 12.5. The van der Waals surface area contributed by atoms with Crippen molar-refractivity contribution >= 4 is 17.6 Å². The van der Waals surface area contributed by atoms with Crippen molar-refractivity contribution in [3.8, 4) is 0 Å². The van der Waals surface area contributed by atoms with E-state index in [1.165, 1.54) is 5.56 Å². The third-order valence-electron chi connectivity index (χ3n) is 4.18. The molecule has 0 aliphatic heterocycles. The van der Waals surface area contributed by atoms with Crippen LogP contribution in [0, 0.1) is 11.8 Å². The molecule has 1 aromatic carbocycles. The third kappa shape index (κ3) is 4.06. The molecule has 1 amide bonds. The van der Waals surface area contributed by atoms with Crippen LogP contribution >= 0.6 is 0 Å². The lowest BCUT2D eigenvalue weighted by Gasteiger charge is -2.27. The van der Waals surface area contributed by atoms with Crippen LogP contribution in [-0.4, -0.2) is 17.0 Å². The molecule has 1 saturated carbocycles. The molecule has 0 heterocycles. The first kappa shape index (κ1) is 15.5. The van der Waals surface area contributed by atoms with E-state index in [9.17, 15) is 14.7 Å². The predicted molar refractivity (Wildman–Crippen MR) is 82.2 cm³/mol. The predicted octanol–water partition coefficient (Wildman–Crippen LogP) is 3.47. The van der Waals surface area contributed by atoms with Crippen molar-refractivity contribution in [2.75, 3.05) is 5.32 Å². The number of benzene rings is 1. The number of carbonyl (C=O) groups excluding carboxylic acids is 1. The van der Waals surface area contributed by atoms with E-state index in [0.717, 1.165) is 31.4 Å². The van der Waals surface area contributed by atoms with Crippen molar-refractivity contribution < 1.29 is 14.7 Å². The number of carboxylic acid groups (broad SMARTS) is 1. The van der Waals surface area contributed by atoms with E-state index in [1.54, 1.807) is 0 Å². The van der Waals surface area contributed by atoms with Gasteiger partial charge in [0.15, 0.2) is 0 Å². The fourth-order valence-electron chi connectivity index (χ4n) is 3.02. The first-order chi connectivity index (χ1) is 10.1. The molecule has 0 saturated heterocycles.